The molecule has 0 saturated heterocycles. The SMILES string of the molecule is CCN(CC)CC1(CNC(C)(C)C)CCCC(C)C1. The largest absolute Gasteiger partial charge is 0.311 e. The highest BCUT2D eigenvalue weighted by atomic mass is 15.1. The third kappa shape index (κ3) is 5.83. The lowest BCUT2D eigenvalue weighted by molar-refractivity contribution is 0.0781. The molecular weight excluding hydrogens is 232 g/mol. The Morgan fingerprint density at radius 1 is 1.21 bits per heavy atom. The molecular formula is C17H36N2. The topological polar surface area (TPSA) is 15.3 Å². The summed E-state index contributed by atoms with van der Waals surface area (Å²) in [5.74, 6) is 0.895. The number of nitrogens with zero attached hydrogens (tertiary/aromatic N) is 1. The third-order valence-electron chi connectivity index (χ3n) is 4.63. The molecule has 0 heterocycles. The van der Waals surface area contributed by atoms with E-state index in [1.807, 2.05) is 0 Å². The van der Waals surface area contributed by atoms with Gasteiger partial charge in [0, 0.05) is 18.6 Å². The molecule has 1 fully saturated rings. The van der Waals surface area contributed by atoms with Gasteiger partial charge in [-0.2, -0.15) is 0 Å². The van der Waals surface area contributed by atoms with Crippen LogP contribution in [-0.2, 0) is 0 Å². The van der Waals surface area contributed by atoms with Crippen molar-refractivity contribution in [3.8, 4) is 0 Å². The van der Waals surface area contributed by atoms with Gasteiger partial charge >= 0.3 is 0 Å². The highest BCUT2D eigenvalue weighted by Crippen LogP contribution is 2.40. The zero-order valence-corrected chi connectivity index (χ0v) is 14.2. The van der Waals surface area contributed by atoms with Crippen LogP contribution in [0.1, 0.15) is 67.2 Å². The van der Waals surface area contributed by atoms with Crippen LogP contribution in [0.25, 0.3) is 0 Å². The summed E-state index contributed by atoms with van der Waals surface area (Å²) >= 11 is 0. The van der Waals surface area contributed by atoms with Crippen molar-refractivity contribution in [3.63, 3.8) is 0 Å². The van der Waals surface area contributed by atoms with Gasteiger partial charge in [-0.05, 0) is 58.0 Å². The predicted molar refractivity (Wildman–Crippen MR) is 85.6 cm³/mol. The minimum atomic E-state index is 0.233. The van der Waals surface area contributed by atoms with Gasteiger partial charge in [0.25, 0.3) is 0 Å². The molecule has 0 aliphatic heterocycles. The average molecular weight is 268 g/mol. The standard InChI is InChI=1S/C17H36N2/c1-7-19(8-2)14-17(13-18-16(4,5)6)11-9-10-15(3)12-17/h15,18H,7-14H2,1-6H3. The quantitative estimate of drug-likeness (QED) is 0.785. The first kappa shape index (κ1) is 17.0. The molecule has 1 saturated carbocycles. The maximum absolute atomic E-state index is 3.78. The molecule has 0 spiro atoms. The monoisotopic (exact) mass is 268 g/mol. The van der Waals surface area contributed by atoms with E-state index in [-0.39, 0.29) is 5.54 Å². The van der Waals surface area contributed by atoms with Crippen molar-refractivity contribution < 1.29 is 0 Å². The summed E-state index contributed by atoms with van der Waals surface area (Å²) in [6.07, 6.45) is 5.63. The van der Waals surface area contributed by atoms with Gasteiger partial charge in [-0.3, -0.25) is 0 Å². The molecule has 19 heavy (non-hydrogen) atoms. The average Bonchev–Trinajstić information content (AvgIpc) is 2.33. The molecule has 1 N–H and O–H groups in total. The van der Waals surface area contributed by atoms with Crippen molar-refractivity contribution in [2.75, 3.05) is 26.2 Å². The Bertz CT molecular complexity index is 252. The second kappa shape index (κ2) is 7.08. The lowest BCUT2D eigenvalue weighted by Crippen LogP contribution is -2.50. The van der Waals surface area contributed by atoms with Gasteiger partial charge in [0.2, 0.25) is 0 Å². The van der Waals surface area contributed by atoms with Crippen LogP contribution in [0.5, 0.6) is 0 Å². The van der Waals surface area contributed by atoms with Crippen molar-refractivity contribution in [1.29, 1.82) is 0 Å². The van der Waals surface area contributed by atoms with Crippen LogP contribution in [0.4, 0.5) is 0 Å². The van der Waals surface area contributed by atoms with E-state index in [1.165, 1.54) is 51.9 Å². The van der Waals surface area contributed by atoms with Gasteiger partial charge in [0.1, 0.15) is 0 Å². The summed E-state index contributed by atoms with van der Waals surface area (Å²) in [7, 11) is 0. The molecule has 2 heteroatoms. The maximum Gasteiger partial charge on any atom is 0.00967 e. The normalized spacial score (nSPS) is 28.9. The molecule has 0 aromatic rings. The van der Waals surface area contributed by atoms with Gasteiger partial charge in [-0.1, -0.05) is 33.6 Å². The minimum Gasteiger partial charge on any atom is -0.311 e. The molecule has 1 aliphatic carbocycles. The fraction of sp³-hybridized carbons (Fsp3) is 1.00. The van der Waals surface area contributed by atoms with Crippen molar-refractivity contribution >= 4 is 0 Å². The fourth-order valence-corrected chi connectivity index (χ4v) is 3.50. The van der Waals surface area contributed by atoms with E-state index in [0.717, 1.165) is 5.92 Å². The van der Waals surface area contributed by atoms with Crippen LogP contribution in [0.3, 0.4) is 0 Å². The zero-order chi connectivity index (χ0) is 14.5. The Hall–Kier alpha value is -0.0800. The highest BCUT2D eigenvalue weighted by molar-refractivity contribution is 4.91. The number of hydrogen-bond acceptors (Lipinski definition) is 2. The molecule has 2 atom stereocenters. The van der Waals surface area contributed by atoms with Crippen molar-refractivity contribution in [2.24, 2.45) is 11.3 Å². The lowest BCUT2D eigenvalue weighted by Gasteiger charge is -2.44. The first-order chi connectivity index (χ1) is 8.80. The van der Waals surface area contributed by atoms with Crippen molar-refractivity contribution in [1.82, 2.24) is 10.2 Å². The first-order valence-corrected chi connectivity index (χ1v) is 8.27. The molecule has 2 nitrogen and oxygen atoms in total. The van der Waals surface area contributed by atoms with Crippen LogP contribution in [0.15, 0.2) is 0 Å². The Labute approximate surface area is 121 Å². The third-order valence-corrected chi connectivity index (χ3v) is 4.63. The zero-order valence-electron chi connectivity index (χ0n) is 14.2. The van der Waals surface area contributed by atoms with Gasteiger partial charge in [0.15, 0.2) is 0 Å². The van der Waals surface area contributed by atoms with Gasteiger partial charge < -0.3 is 10.2 Å². The molecule has 2 unspecified atom stereocenters. The Balaban J connectivity index is 2.71. The number of hydrogen-bond donors (Lipinski definition) is 1. The van der Waals surface area contributed by atoms with E-state index >= 15 is 0 Å². The Kier molecular flexibility index (Phi) is 6.32. The van der Waals surface area contributed by atoms with Crippen LogP contribution in [0, 0.1) is 11.3 Å². The summed E-state index contributed by atoms with van der Waals surface area (Å²) in [6, 6.07) is 0. The molecule has 0 radical (unpaired) electrons. The van der Waals surface area contributed by atoms with Crippen LogP contribution in [-0.4, -0.2) is 36.6 Å². The van der Waals surface area contributed by atoms with E-state index in [1.54, 1.807) is 0 Å². The maximum atomic E-state index is 3.78. The molecule has 0 aromatic carbocycles. The van der Waals surface area contributed by atoms with E-state index < -0.39 is 0 Å². The van der Waals surface area contributed by atoms with Gasteiger partial charge in [0.05, 0.1) is 0 Å². The van der Waals surface area contributed by atoms with Gasteiger partial charge in [-0.15, -0.1) is 0 Å². The molecule has 0 amide bonds. The van der Waals surface area contributed by atoms with Crippen LogP contribution >= 0.6 is 0 Å². The Morgan fingerprint density at radius 2 is 1.84 bits per heavy atom. The number of nitrogens with one attached hydrogen (secondary N) is 1. The summed E-state index contributed by atoms with van der Waals surface area (Å²) in [6.45, 7) is 18.7. The van der Waals surface area contributed by atoms with Crippen molar-refractivity contribution in [3.05, 3.63) is 0 Å². The van der Waals surface area contributed by atoms with E-state index in [4.69, 9.17) is 0 Å². The minimum absolute atomic E-state index is 0.233. The second-order valence-corrected chi connectivity index (χ2v) is 7.77. The molecule has 0 bridgehead atoms. The van der Waals surface area contributed by atoms with Crippen LogP contribution < -0.4 is 5.32 Å². The predicted octanol–water partition coefficient (Wildman–Crippen LogP) is 3.91. The number of rotatable bonds is 6. The lowest BCUT2D eigenvalue weighted by atomic mass is 9.69. The molecule has 0 aromatic heterocycles. The Morgan fingerprint density at radius 3 is 2.32 bits per heavy atom. The highest BCUT2D eigenvalue weighted by Gasteiger charge is 2.36. The van der Waals surface area contributed by atoms with E-state index in [0.29, 0.717) is 5.41 Å². The molecule has 114 valence electrons. The van der Waals surface area contributed by atoms with Crippen molar-refractivity contribution in [2.45, 2.75) is 72.8 Å². The summed E-state index contributed by atoms with van der Waals surface area (Å²) in [4.78, 5) is 2.61. The fourth-order valence-electron chi connectivity index (χ4n) is 3.50. The summed E-state index contributed by atoms with van der Waals surface area (Å²) in [5, 5.41) is 3.78. The smallest absolute Gasteiger partial charge is 0.00967 e. The molecule has 1 rings (SSSR count). The summed E-state index contributed by atoms with van der Waals surface area (Å²) in [5.41, 5.74) is 0.730. The van der Waals surface area contributed by atoms with E-state index in [9.17, 15) is 0 Å². The van der Waals surface area contributed by atoms with Crippen LogP contribution in [0.2, 0.25) is 0 Å². The van der Waals surface area contributed by atoms with E-state index in [2.05, 4.69) is 51.8 Å². The van der Waals surface area contributed by atoms with Gasteiger partial charge in [-0.25, -0.2) is 0 Å². The summed E-state index contributed by atoms with van der Waals surface area (Å²) < 4.78 is 0. The first-order valence-electron chi connectivity index (χ1n) is 8.27. The molecule has 1 aliphatic rings. The second-order valence-electron chi connectivity index (χ2n) is 7.77.